The second-order valence-electron chi connectivity index (χ2n) is 6.09. The zero-order valence-corrected chi connectivity index (χ0v) is 13.5. The van der Waals surface area contributed by atoms with Gasteiger partial charge in [-0.05, 0) is 30.2 Å². The first-order chi connectivity index (χ1) is 10.8. The summed E-state index contributed by atoms with van der Waals surface area (Å²) in [7, 11) is 0. The van der Waals surface area contributed by atoms with Gasteiger partial charge in [-0.25, -0.2) is 9.78 Å². The van der Waals surface area contributed by atoms with E-state index >= 15 is 0 Å². The molecule has 2 rings (SSSR count). The standard InChI is InChI=1S/C18H20N2O3/c1-12-7-4-5-8-13(12)18(2,3)11-19-16(21)14-9-6-10-15(20-14)17(22)23/h4-10H,11H2,1-3H3,(H,19,21)(H,22,23). The van der Waals surface area contributed by atoms with E-state index in [2.05, 4.69) is 24.1 Å². The van der Waals surface area contributed by atoms with Crippen LogP contribution in [0.4, 0.5) is 0 Å². The number of pyridine rings is 1. The summed E-state index contributed by atoms with van der Waals surface area (Å²) in [5, 5.41) is 11.8. The molecule has 2 aromatic rings. The van der Waals surface area contributed by atoms with Crippen LogP contribution in [0.15, 0.2) is 42.5 Å². The third kappa shape index (κ3) is 3.94. The molecule has 23 heavy (non-hydrogen) atoms. The van der Waals surface area contributed by atoms with Crippen molar-refractivity contribution in [3.8, 4) is 0 Å². The number of hydrogen-bond acceptors (Lipinski definition) is 3. The number of benzene rings is 1. The Labute approximate surface area is 135 Å². The van der Waals surface area contributed by atoms with E-state index in [1.165, 1.54) is 18.2 Å². The molecule has 5 nitrogen and oxygen atoms in total. The van der Waals surface area contributed by atoms with Crippen LogP contribution in [0.1, 0.15) is 46.0 Å². The summed E-state index contributed by atoms with van der Waals surface area (Å²) in [6, 6.07) is 12.4. The molecule has 1 aromatic carbocycles. The van der Waals surface area contributed by atoms with Crippen molar-refractivity contribution in [3.05, 3.63) is 65.0 Å². The fourth-order valence-corrected chi connectivity index (χ4v) is 2.50. The first-order valence-corrected chi connectivity index (χ1v) is 7.36. The Hall–Kier alpha value is -2.69. The van der Waals surface area contributed by atoms with Crippen molar-refractivity contribution < 1.29 is 14.7 Å². The number of carboxylic acids is 1. The van der Waals surface area contributed by atoms with Crippen LogP contribution in [-0.4, -0.2) is 28.5 Å². The van der Waals surface area contributed by atoms with Gasteiger partial charge in [-0.15, -0.1) is 0 Å². The van der Waals surface area contributed by atoms with Gasteiger partial charge in [-0.3, -0.25) is 4.79 Å². The van der Waals surface area contributed by atoms with Crippen molar-refractivity contribution in [3.63, 3.8) is 0 Å². The lowest BCUT2D eigenvalue weighted by molar-refractivity contribution is 0.0690. The Bertz CT molecular complexity index is 739. The number of nitrogens with one attached hydrogen (secondary N) is 1. The molecule has 0 bridgehead atoms. The molecule has 0 unspecified atom stereocenters. The van der Waals surface area contributed by atoms with Gasteiger partial charge in [0.25, 0.3) is 5.91 Å². The molecule has 5 heteroatoms. The molecule has 0 saturated carbocycles. The average Bonchev–Trinajstić information content (AvgIpc) is 2.53. The summed E-state index contributed by atoms with van der Waals surface area (Å²) >= 11 is 0. The van der Waals surface area contributed by atoms with Gasteiger partial charge in [-0.2, -0.15) is 0 Å². The number of nitrogens with zero attached hydrogens (tertiary/aromatic N) is 1. The Morgan fingerprint density at radius 1 is 1.09 bits per heavy atom. The highest BCUT2D eigenvalue weighted by Gasteiger charge is 2.23. The fraction of sp³-hybridized carbons (Fsp3) is 0.278. The molecule has 2 N–H and O–H groups in total. The van der Waals surface area contributed by atoms with E-state index in [1.807, 2.05) is 31.2 Å². The molecule has 0 atom stereocenters. The van der Waals surface area contributed by atoms with E-state index in [0.29, 0.717) is 6.54 Å². The molecule has 0 spiro atoms. The van der Waals surface area contributed by atoms with Crippen LogP contribution in [0, 0.1) is 6.92 Å². The predicted octanol–water partition coefficient (Wildman–Crippen LogP) is 2.80. The first kappa shape index (κ1) is 16.7. The number of carboxylic acid groups (broad SMARTS) is 1. The number of aryl methyl sites for hydroxylation is 1. The number of carbonyl (C=O) groups excluding carboxylic acids is 1. The Balaban J connectivity index is 2.11. The van der Waals surface area contributed by atoms with E-state index in [1.54, 1.807) is 0 Å². The van der Waals surface area contributed by atoms with Gasteiger partial charge in [0.15, 0.2) is 0 Å². The van der Waals surface area contributed by atoms with Crippen LogP contribution in [0.2, 0.25) is 0 Å². The van der Waals surface area contributed by atoms with Crippen LogP contribution in [0.3, 0.4) is 0 Å². The molecule has 0 aliphatic heterocycles. The first-order valence-electron chi connectivity index (χ1n) is 7.36. The van der Waals surface area contributed by atoms with Crippen LogP contribution in [-0.2, 0) is 5.41 Å². The van der Waals surface area contributed by atoms with Crippen molar-refractivity contribution in [2.75, 3.05) is 6.54 Å². The van der Waals surface area contributed by atoms with Crippen molar-refractivity contribution in [2.24, 2.45) is 0 Å². The number of aromatic nitrogens is 1. The van der Waals surface area contributed by atoms with E-state index in [-0.39, 0.29) is 22.7 Å². The van der Waals surface area contributed by atoms with Gasteiger partial charge in [0.1, 0.15) is 11.4 Å². The van der Waals surface area contributed by atoms with E-state index < -0.39 is 5.97 Å². The SMILES string of the molecule is Cc1ccccc1C(C)(C)CNC(=O)c1cccc(C(=O)O)n1. The third-order valence-corrected chi connectivity index (χ3v) is 3.77. The largest absolute Gasteiger partial charge is 0.477 e. The molecule has 0 aliphatic rings. The third-order valence-electron chi connectivity index (χ3n) is 3.77. The Morgan fingerprint density at radius 3 is 2.39 bits per heavy atom. The zero-order valence-electron chi connectivity index (χ0n) is 13.5. The molecule has 0 fully saturated rings. The van der Waals surface area contributed by atoms with Crippen LogP contribution < -0.4 is 5.32 Å². The van der Waals surface area contributed by atoms with Gasteiger partial charge in [0.2, 0.25) is 0 Å². The van der Waals surface area contributed by atoms with Gasteiger partial charge in [0, 0.05) is 12.0 Å². The van der Waals surface area contributed by atoms with Crippen molar-refractivity contribution in [1.82, 2.24) is 10.3 Å². The summed E-state index contributed by atoms with van der Waals surface area (Å²) in [6.07, 6.45) is 0. The molecular formula is C18H20N2O3. The smallest absolute Gasteiger partial charge is 0.354 e. The van der Waals surface area contributed by atoms with Gasteiger partial charge in [0.05, 0.1) is 0 Å². The molecule has 0 radical (unpaired) electrons. The summed E-state index contributed by atoms with van der Waals surface area (Å²) < 4.78 is 0. The quantitative estimate of drug-likeness (QED) is 0.889. The molecule has 120 valence electrons. The van der Waals surface area contributed by atoms with Crippen LogP contribution in [0.25, 0.3) is 0 Å². The maximum absolute atomic E-state index is 12.2. The van der Waals surface area contributed by atoms with Crippen LogP contribution >= 0.6 is 0 Å². The predicted molar refractivity (Wildman–Crippen MR) is 87.7 cm³/mol. The van der Waals surface area contributed by atoms with Gasteiger partial charge < -0.3 is 10.4 Å². The number of carbonyl (C=O) groups is 2. The summed E-state index contributed by atoms with van der Waals surface area (Å²) in [6.45, 7) is 6.57. The summed E-state index contributed by atoms with van der Waals surface area (Å²) in [5.74, 6) is -1.53. The van der Waals surface area contributed by atoms with Gasteiger partial charge >= 0.3 is 5.97 Å². The van der Waals surface area contributed by atoms with Crippen molar-refractivity contribution in [2.45, 2.75) is 26.2 Å². The lowest BCUT2D eigenvalue weighted by Gasteiger charge is -2.27. The van der Waals surface area contributed by atoms with E-state index in [0.717, 1.165) is 11.1 Å². The molecule has 1 amide bonds. The summed E-state index contributed by atoms with van der Waals surface area (Å²) in [4.78, 5) is 27.0. The highest BCUT2D eigenvalue weighted by atomic mass is 16.4. The maximum Gasteiger partial charge on any atom is 0.354 e. The Morgan fingerprint density at radius 2 is 1.74 bits per heavy atom. The summed E-state index contributed by atoms with van der Waals surface area (Å²) in [5.41, 5.74) is 2.04. The minimum Gasteiger partial charge on any atom is -0.477 e. The second kappa shape index (κ2) is 6.60. The number of hydrogen-bond donors (Lipinski definition) is 2. The lowest BCUT2D eigenvalue weighted by atomic mass is 9.82. The molecule has 0 aliphatic carbocycles. The van der Waals surface area contributed by atoms with E-state index in [9.17, 15) is 9.59 Å². The fourth-order valence-electron chi connectivity index (χ4n) is 2.50. The Kier molecular flexibility index (Phi) is 4.79. The highest BCUT2D eigenvalue weighted by Crippen LogP contribution is 2.25. The number of rotatable bonds is 5. The second-order valence-corrected chi connectivity index (χ2v) is 6.09. The molecule has 0 saturated heterocycles. The minimum atomic E-state index is -1.15. The topological polar surface area (TPSA) is 79.3 Å². The highest BCUT2D eigenvalue weighted by molar-refractivity contribution is 5.94. The monoisotopic (exact) mass is 312 g/mol. The maximum atomic E-state index is 12.2. The minimum absolute atomic E-state index is 0.102. The van der Waals surface area contributed by atoms with E-state index in [4.69, 9.17) is 5.11 Å². The molecular weight excluding hydrogens is 292 g/mol. The van der Waals surface area contributed by atoms with Gasteiger partial charge in [-0.1, -0.05) is 44.2 Å². The normalized spacial score (nSPS) is 11.1. The van der Waals surface area contributed by atoms with Crippen molar-refractivity contribution in [1.29, 1.82) is 0 Å². The van der Waals surface area contributed by atoms with Crippen molar-refractivity contribution >= 4 is 11.9 Å². The average molecular weight is 312 g/mol. The lowest BCUT2D eigenvalue weighted by Crippen LogP contribution is -2.37. The number of amides is 1. The molecule has 1 aromatic heterocycles. The van der Waals surface area contributed by atoms with Crippen LogP contribution in [0.5, 0.6) is 0 Å². The molecule has 1 heterocycles. The zero-order chi connectivity index (χ0) is 17.0. The number of aromatic carboxylic acids is 1.